The first-order valence-electron chi connectivity index (χ1n) is 6.00. The van der Waals surface area contributed by atoms with Crippen molar-refractivity contribution in [1.82, 2.24) is 9.71 Å². The van der Waals surface area contributed by atoms with E-state index in [4.69, 9.17) is 0 Å². The molecule has 0 spiro atoms. The normalized spacial score (nSPS) is 11.3. The number of aromatic nitrogens is 1. The molecule has 0 bridgehead atoms. The van der Waals surface area contributed by atoms with Gasteiger partial charge in [-0.3, -0.25) is 0 Å². The van der Waals surface area contributed by atoms with Crippen molar-refractivity contribution < 1.29 is 12.8 Å². The second-order valence-corrected chi connectivity index (χ2v) is 5.72. The number of halogens is 1. The fourth-order valence-electron chi connectivity index (χ4n) is 1.64. The number of hydrogen-bond acceptors (Lipinski definition) is 4. The molecule has 0 radical (unpaired) electrons. The second-order valence-electron chi connectivity index (χ2n) is 3.98. The zero-order valence-electron chi connectivity index (χ0n) is 10.8. The van der Waals surface area contributed by atoms with Crippen LogP contribution in [0.5, 0.6) is 0 Å². The average Bonchev–Trinajstić information content (AvgIpc) is 2.42. The predicted octanol–water partition coefficient (Wildman–Crippen LogP) is 2.26. The number of anilines is 2. The van der Waals surface area contributed by atoms with Crippen LogP contribution in [-0.4, -0.2) is 19.9 Å². The fraction of sp³-hybridized carbons (Fsp3) is 0.154. The Kier molecular flexibility index (Phi) is 4.31. The summed E-state index contributed by atoms with van der Waals surface area (Å²) in [5, 5.41) is 2.87. The SMILES string of the molecule is CCNS(=O)(=O)c1cccnc1Nc1ccc(F)cc1. The largest absolute Gasteiger partial charge is 0.339 e. The summed E-state index contributed by atoms with van der Waals surface area (Å²) in [6.07, 6.45) is 1.48. The van der Waals surface area contributed by atoms with Gasteiger partial charge in [-0.15, -0.1) is 0 Å². The van der Waals surface area contributed by atoms with Crippen molar-refractivity contribution in [2.75, 3.05) is 11.9 Å². The minimum Gasteiger partial charge on any atom is -0.339 e. The molecule has 20 heavy (non-hydrogen) atoms. The van der Waals surface area contributed by atoms with E-state index in [9.17, 15) is 12.8 Å². The molecule has 0 aliphatic carbocycles. The van der Waals surface area contributed by atoms with Gasteiger partial charge in [0.05, 0.1) is 0 Å². The number of hydrogen-bond donors (Lipinski definition) is 2. The molecular weight excluding hydrogens is 281 g/mol. The Labute approximate surface area is 116 Å². The van der Waals surface area contributed by atoms with Crippen molar-refractivity contribution in [3.05, 3.63) is 48.4 Å². The van der Waals surface area contributed by atoms with Gasteiger partial charge in [-0.05, 0) is 36.4 Å². The highest BCUT2D eigenvalue weighted by molar-refractivity contribution is 7.89. The summed E-state index contributed by atoms with van der Waals surface area (Å²) in [6, 6.07) is 8.58. The number of rotatable bonds is 5. The molecule has 0 unspecified atom stereocenters. The fourth-order valence-corrected chi connectivity index (χ4v) is 2.79. The molecule has 2 N–H and O–H groups in total. The van der Waals surface area contributed by atoms with Gasteiger partial charge in [0.25, 0.3) is 0 Å². The first-order valence-corrected chi connectivity index (χ1v) is 7.48. The number of sulfonamides is 1. The molecule has 7 heteroatoms. The van der Waals surface area contributed by atoms with Crippen molar-refractivity contribution in [3.8, 4) is 0 Å². The molecule has 106 valence electrons. The smallest absolute Gasteiger partial charge is 0.244 e. The van der Waals surface area contributed by atoms with Gasteiger partial charge >= 0.3 is 0 Å². The summed E-state index contributed by atoms with van der Waals surface area (Å²) >= 11 is 0. The van der Waals surface area contributed by atoms with Gasteiger partial charge < -0.3 is 5.32 Å². The quantitative estimate of drug-likeness (QED) is 0.887. The topological polar surface area (TPSA) is 71.1 Å². The third-order valence-corrected chi connectivity index (χ3v) is 4.08. The van der Waals surface area contributed by atoms with E-state index >= 15 is 0 Å². The van der Waals surface area contributed by atoms with Gasteiger partial charge in [-0.25, -0.2) is 22.5 Å². The van der Waals surface area contributed by atoms with Crippen LogP contribution in [0.15, 0.2) is 47.5 Å². The van der Waals surface area contributed by atoms with Crippen LogP contribution in [0.1, 0.15) is 6.92 Å². The van der Waals surface area contributed by atoms with Crippen LogP contribution < -0.4 is 10.0 Å². The Hall–Kier alpha value is -1.99. The lowest BCUT2D eigenvalue weighted by Crippen LogP contribution is -2.24. The standard InChI is InChI=1S/C13H14FN3O2S/c1-2-16-20(18,19)12-4-3-9-15-13(12)17-11-7-5-10(14)6-8-11/h3-9,16H,2H2,1H3,(H,15,17). The number of pyridine rings is 1. The van der Waals surface area contributed by atoms with Gasteiger partial charge in [0.15, 0.2) is 5.82 Å². The molecule has 0 fully saturated rings. The average molecular weight is 295 g/mol. The summed E-state index contributed by atoms with van der Waals surface area (Å²) < 4.78 is 39.3. The summed E-state index contributed by atoms with van der Waals surface area (Å²) in [6.45, 7) is 1.98. The van der Waals surface area contributed by atoms with Crippen LogP contribution in [-0.2, 0) is 10.0 Å². The van der Waals surface area contributed by atoms with Crippen LogP contribution in [0, 0.1) is 5.82 Å². The third-order valence-electron chi connectivity index (χ3n) is 2.50. The molecule has 1 aromatic heterocycles. The number of nitrogens with one attached hydrogen (secondary N) is 2. The predicted molar refractivity (Wildman–Crippen MR) is 74.8 cm³/mol. The van der Waals surface area contributed by atoms with Crippen molar-refractivity contribution >= 4 is 21.5 Å². The molecule has 2 aromatic rings. The van der Waals surface area contributed by atoms with E-state index in [0.717, 1.165) is 0 Å². The third kappa shape index (κ3) is 3.31. The Morgan fingerprint density at radius 2 is 1.90 bits per heavy atom. The van der Waals surface area contributed by atoms with E-state index in [1.807, 2.05) is 0 Å². The van der Waals surface area contributed by atoms with E-state index in [-0.39, 0.29) is 23.1 Å². The van der Waals surface area contributed by atoms with Crippen LogP contribution in [0.4, 0.5) is 15.9 Å². The lowest BCUT2D eigenvalue weighted by atomic mass is 10.3. The van der Waals surface area contributed by atoms with Crippen molar-refractivity contribution in [3.63, 3.8) is 0 Å². The second kappa shape index (κ2) is 5.98. The molecule has 0 atom stereocenters. The molecule has 0 amide bonds. The van der Waals surface area contributed by atoms with Crippen molar-refractivity contribution in [2.24, 2.45) is 0 Å². The molecular formula is C13H14FN3O2S. The van der Waals surface area contributed by atoms with Gasteiger partial charge in [0, 0.05) is 18.4 Å². The minimum atomic E-state index is -3.62. The summed E-state index contributed by atoms with van der Waals surface area (Å²) in [5.41, 5.74) is 0.554. The maximum Gasteiger partial charge on any atom is 0.244 e. The summed E-state index contributed by atoms with van der Waals surface area (Å²) in [5.74, 6) is -0.169. The Morgan fingerprint density at radius 3 is 2.55 bits per heavy atom. The van der Waals surface area contributed by atoms with Crippen LogP contribution in [0.3, 0.4) is 0 Å². The summed E-state index contributed by atoms with van der Waals surface area (Å²) in [4.78, 5) is 4.07. The Balaban J connectivity index is 2.35. The Bertz CT molecular complexity index is 687. The molecule has 0 aliphatic rings. The minimum absolute atomic E-state index is 0.0474. The van der Waals surface area contributed by atoms with E-state index in [2.05, 4.69) is 15.0 Å². The maximum atomic E-state index is 12.8. The number of nitrogens with zero attached hydrogens (tertiary/aromatic N) is 1. The lowest BCUT2D eigenvalue weighted by molar-refractivity contribution is 0.584. The molecule has 1 aromatic carbocycles. The van der Waals surface area contributed by atoms with Crippen LogP contribution >= 0.6 is 0 Å². The molecule has 2 rings (SSSR count). The van der Waals surface area contributed by atoms with Gasteiger partial charge in [0.1, 0.15) is 10.7 Å². The number of benzene rings is 1. The highest BCUT2D eigenvalue weighted by atomic mass is 32.2. The molecule has 0 saturated carbocycles. The zero-order valence-corrected chi connectivity index (χ0v) is 11.6. The highest BCUT2D eigenvalue weighted by Gasteiger charge is 2.18. The highest BCUT2D eigenvalue weighted by Crippen LogP contribution is 2.22. The first-order chi connectivity index (χ1) is 9.53. The van der Waals surface area contributed by atoms with E-state index in [0.29, 0.717) is 5.69 Å². The van der Waals surface area contributed by atoms with E-state index in [1.165, 1.54) is 36.5 Å². The van der Waals surface area contributed by atoms with E-state index in [1.54, 1.807) is 13.0 Å². The van der Waals surface area contributed by atoms with Crippen LogP contribution in [0.25, 0.3) is 0 Å². The van der Waals surface area contributed by atoms with Crippen LogP contribution in [0.2, 0.25) is 0 Å². The molecule has 5 nitrogen and oxygen atoms in total. The van der Waals surface area contributed by atoms with E-state index < -0.39 is 10.0 Å². The monoisotopic (exact) mass is 295 g/mol. The Morgan fingerprint density at radius 1 is 1.20 bits per heavy atom. The van der Waals surface area contributed by atoms with Gasteiger partial charge in [-0.1, -0.05) is 6.92 Å². The maximum absolute atomic E-state index is 12.8. The first kappa shape index (κ1) is 14.4. The summed E-state index contributed by atoms with van der Waals surface area (Å²) in [7, 11) is -3.62. The van der Waals surface area contributed by atoms with Gasteiger partial charge in [0.2, 0.25) is 10.0 Å². The molecule has 1 heterocycles. The van der Waals surface area contributed by atoms with Crippen molar-refractivity contribution in [2.45, 2.75) is 11.8 Å². The van der Waals surface area contributed by atoms with Crippen molar-refractivity contribution in [1.29, 1.82) is 0 Å². The van der Waals surface area contributed by atoms with Gasteiger partial charge in [-0.2, -0.15) is 0 Å². The molecule has 0 saturated heterocycles. The lowest BCUT2D eigenvalue weighted by Gasteiger charge is -2.11. The zero-order chi connectivity index (χ0) is 14.6. The molecule has 0 aliphatic heterocycles.